The van der Waals surface area contributed by atoms with Crippen LogP contribution in [0.15, 0.2) is 54.6 Å². The molecule has 38 heavy (non-hydrogen) atoms. The molecule has 3 aromatic carbocycles. The monoisotopic (exact) mass is 525 g/mol. The van der Waals surface area contributed by atoms with Crippen molar-refractivity contribution >= 4 is 17.5 Å². The van der Waals surface area contributed by atoms with Gasteiger partial charge in [-0.1, -0.05) is 57.2 Å². The van der Waals surface area contributed by atoms with Gasteiger partial charge in [0.15, 0.2) is 11.6 Å². The molecule has 4 rings (SSSR count). The number of hydrogen-bond acceptors (Lipinski definition) is 5. The van der Waals surface area contributed by atoms with Crippen LogP contribution < -0.4 is 16.2 Å². The van der Waals surface area contributed by atoms with Crippen molar-refractivity contribution in [3.63, 3.8) is 0 Å². The molecule has 6 nitrogen and oxygen atoms in total. The fourth-order valence-electron chi connectivity index (χ4n) is 4.17. The van der Waals surface area contributed by atoms with Crippen LogP contribution in [-0.4, -0.2) is 22.6 Å². The standard InChI is InChI=1S/C28H31F2N3O3.C2H6/c1-4-28(2,3)36-27(34)33(20-13-18-7-5-6-8-19(18)14-20)16-17-9-11-21(12-10-17)35-26-22(29)15-23(31)25(32)24(26)30;1-2/h5-12,15,20H,4,13-14,16,31-32H2,1-3H3;1-2H3. The summed E-state index contributed by atoms with van der Waals surface area (Å²) in [5.74, 6) is -2.40. The number of carbonyl (C=O) groups is 1. The first-order valence-corrected chi connectivity index (χ1v) is 12.9. The molecule has 0 saturated carbocycles. The molecule has 0 heterocycles. The first kappa shape index (κ1) is 28.8. The Bertz CT molecular complexity index is 1240. The first-order chi connectivity index (χ1) is 18.1. The SMILES string of the molecule is CC.CCC(C)(C)OC(=O)N(Cc1ccc(Oc2c(F)cc(N)c(N)c2F)cc1)C1Cc2ccccc2C1. The van der Waals surface area contributed by atoms with Crippen molar-refractivity contribution in [1.29, 1.82) is 0 Å². The van der Waals surface area contributed by atoms with Crippen molar-refractivity contribution in [3.05, 3.63) is 82.9 Å². The van der Waals surface area contributed by atoms with Crippen LogP contribution in [0.1, 0.15) is 57.7 Å². The zero-order valence-corrected chi connectivity index (χ0v) is 22.7. The number of amides is 1. The highest BCUT2D eigenvalue weighted by Gasteiger charge is 2.33. The van der Waals surface area contributed by atoms with E-state index in [9.17, 15) is 13.6 Å². The van der Waals surface area contributed by atoms with Gasteiger partial charge in [-0.25, -0.2) is 13.6 Å². The van der Waals surface area contributed by atoms with E-state index >= 15 is 0 Å². The molecule has 204 valence electrons. The third-order valence-electron chi connectivity index (χ3n) is 6.66. The Balaban J connectivity index is 0.00000195. The van der Waals surface area contributed by atoms with Gasteiger partial charge in [0.05, 0.1) is 11.4 Å². The van der Waals surface area contributed by atoms with Gasteiger partial charge in [0.1, 0.15) is 11.4 Å². The number of carbonyl (C=O) groups excluding carboxylic acids is 1. The average Bonchev–Trinajstić information content (AvgIpc) is 3.34. The summed E-state index contributed by atoms with van der Waals surface area (Å²) in [5, 5.41) is 0. The van der Waals surface area contributed by atoms with Crippen LogP contribution in [0.2, 0.25) is 0 Å². The second-order valence-corrected chi connectivity index (χ2v) is 9.69. The molecule has 0 aliphatic heterocycles. The van der Waals surface area contributed by atoms with Gasteiger partial charge < -0.3 is 25.8 Å². The average molecular weight is 526 g/mol. The Hall–Kier alpha value is -3.81. The largest absolute Gasteiger partial charge is 0.451 e. The van der Waals surface area contributed by atoms with Crippen LogP contribution in [0, 0.1) is 11.6 Å². The summed E-state index contributed by atoms with van der Waals surface area (Å²) in [6.07, 6.45) is 1.81. The van der Waals surface area contributed by atoms with Crippen molar-refractivity contribution in [2.45, 2.75) is 72.1 Å². The lowest BCUT2D eigenvalue weighted by atomic mass is 10.1. The quantitative estimate of drug-likeness (QED) is 0.317. The van der Waals surface area contributed by atoms with E-state index in [0.717, 1.165) is 24.5 Å². The molecule has 0 atom stereocenters. The summed E-state index contributed by atoms with van der Waals surface area (Å²) in [7, 11) is 0. The van der Waals surface area contributed by atoms with E-state index in [1.54, 1.807) is 29.2 Å². The number of rotatable bonds is 7. The number of halogens is 2. The highest BCUT2D eigenvalue weighted by Crippen LogP contribution is 2.34. The molecular formula is C30H37F2N3O3. The highest BCUT2D eigenvalue weighted by molar-refractivity contribution is 5.69. The van der Waals surface area contributed by atoms with Crippen LogP contribution in [0.25, 0.3) is 0 Å². The molecule has 8 heteroatoms. The Morgan fingerprint density at radius 3 is 2.16 bits per heavy atom. The first-order valence-electron chi connectivity index (χ1n) is 12.9. The summed E-state index contributed by atoms with van der Waals surface area (Å²) in [5.41, 5.74) is 13.2. The maximum atomic E-state index is 14.4. The van der Waals surface area contributed by atoms with E-state index in [2.05, 4.69) is 12.1 Å². The smallest absolute Gasteiger partial charge is 0.410 e. The Morgan fingerprint density at radius 2 is 1.61 bits per heavy atom. The Labute approximate surface area is 223 Å². The van der Waals surface area contributed by atoms with Crippen LogP contribution in [0.4, 0.5) is 25.0 Å². The van der Waals surface area contributed by atoms with E-state index in [0.29, 0.717) is 13.0 Å². The fraction of sp³-hybridized carbons (Fsp3) is 0.367. The molecule has 0 fully saturated rings. The Kier molecular flexibility index (Phi) is 9.20. The minimum atomic E-state index is -1.05. The summed E-state index contributed by atoms with van der Waals surface area (Å²) in [4.78, 5) is 15.0. The molecule has 0 aromatic heterocycles. The van der Waals surface area contributed by atoms with E-state index < -0.39 is 23.0 Å². The van der Waals surface area contributed by atoms with Gasteiger partial charge in [-0.2, -0.15) is 0 Å². The molecule has 1 aliphatic carbocycles. The number of ether oxygens (including phenoxy) is 2. The van der Waals surface area contributed by atoms with Crippen molar-refractivity contribution in [2.75, 3.05) is 11.5 Å². The normalized spacial score (nSPS) is 12.8. The number of nitrogen functional groups attached to an aromatic ring is 2. The van der Waals surface area contributed by atoms with Gasteiger partial charge in [0, 0.05) is 18.7 Å². The number of benzene rings is 3. The molecule has 4 N–H and O–H groups in total. The third-order valence-corrected chi connectivity index (χ3v) is 6.66. The van der Waals surface area contributed by atoms with Gasteiger partial charge in [0.25, 0.3) is 0 Å². The zero-order chi connectivity index (χ0) is 28.0. The minimum Gasteiger partial charge on any atom is -0.451 e. The molecule has 0 spiro atoms. The molecule has 0 saturated heterocycles. The van der Waals surface area contributed by atoms with Gasteiger partial charge in [-0.3, -0.25) is 0 Å². The second kappa shape index (κ2) is 12.2. The van der Waals surface area contributed by atoms with E-state index in [-0.39, 0.29) is 29.3 Å². The summed E-state index contributed by atoms with van der Waals surface area (Å²) in [6.45, 7) is 10.1. The van der Waals surface area contributed by atoms with Crippen molar-refractivity contribution < 1.29 is 23.0 Å². The fourth-order valence-corrected chi connectivity index (χ4v) is 4.17. The van der Waals surface area contributed by atoms with Crippen molar-refractivity contribution in [3.8, 4) is 11.5 Å². The maximum absolute atomic E-state index is 14.4. The summed E-state index contributed by atoms with van der Waals surface area (Å²) >= 11 is 0. The molecule has 0 bridgehead atoms. The van der Waals surface area contributed by atoms with Crippen LogP contribution >= 0.6 is 0 Å². The molecule has 0 radical (unpaired) electrons. The maximum Gasteiger partial charge on any atom is 0.410 e. The molecule has 1 aliphatic rings. The zero-order valence-electron chi connectivity index (χ0n) is 22.7. The molecule has 3 aromatic rings. The van der Waals surface area contributed by atoms with Crippen LogP contribution in [0.3, 0.4) is 0 Å². The topological polar surface area (TPSA) is 90.8 Å². The van der Waals surface area contributed by atoms with Crippen molar-refractivity contribution in [1.82, 2.24) is 4.90 Å². The van der Waals surface area contributed by atoms with E-state index in [1.165, 1.54) is 11.1 Å². The van der Waals surface area contributed by atoms with Gasteiger partial charge in [0.2, 0.25) is 5.75 Å². The molecular weight excluding hydrogens is 488 g/mol. The number of hydrogen-bond donors (Lipinski definition) is 2. The number of anilines is 2. The lowest BCUT2D eigenvalue weighted by Crippen LogP contribution is -2.44. The summed E-state index contributed by atoms with van der Waals surface area (Å²) in [6, 6.07) is 15.7. The Morgan fingerprint density at radius 1 is 1.03 bits per heavy atom. The highest BCUT2D eigenvalue weighted by atomic mass is 19.1. The van der Waals surface area contributed by atoms with E-state index in [4.69, 9.17) is 20.9 Å². The predicted octanol–water partition coefficient (Wildman–Crippen LogP) is 7.24. The number of nitrogens with two attached hydrogens (primary N) is 2. The lowest BCUT2D eigenvalue weighted by molar-refractivity contribution is 0.00239. The molecule has 0 unspecified atom stereocenters. The van der Waals surface area contributed by atoms with Crippen molar-refractivity contribution in [2.24, 2.45) is 0 Å². The van der Waals surface area contributed by atoms with Crippen LogP contribution in [-0.2, 0) is 24.1 Å². The summed E-state index contributed by atoms with van der Waals surface area (Å²) < 4.78 is 39.8. The van der Waals surface area contributed by atoms with Crippen LogP contribution in [0.5, 0.6) is 11.5 Å². The third kappa shape index (κ3) is 6.54. The van der Waals surface area contributed by atoms with Gasteiger partial charge in [-0.05, 0) is 61.9 Å². The molecule has 1 amide bonds. The lowest BCUT2D eigenvalue weighted by Gasteiger charge is -2.33. The van der Waals surface area contributed by atoms with Gasteiger partial charge >= 0.3 is 6.09 Å². The minimum absolute atomic E-state index is 0.0422. The number of nitrogens with zero attached hydrogens (tertiary/aromatic N) is 1. The van der Waals surface area contributed by atoms with Gasteiger partial charge in [-0.15, -0.1) is 0 Å². The van der Waals surface area contributed by atoms with E-state index in [1.807, 2.05) is 46.8 Å². The number of fused-ring (bicyclic) bond motifs is 1. The predicted molar refractivity (Wildman–Crippen MR) is 147 cm³/mol. The second-order valence-electron chi connectivity index (χ2n) is 9.69.